The van der Waals surface area contributed by atoms with E-state index in [1.54, 1.807) is 7.05 Å². The fourth-order valence-electron chi connectivity index (χ4n) is 4.94. The molecule has 3 fully saturated rings. The summed E-state index contributed by atoms with van der Waals surface area (Å²) in [4.78, 5) is 13.3. The van der Waals surface area contributed by atoms with Gasteiger partial charge in [-0.2, -0.15) is 9.40 Å². The third-order valence-corrected chi connectivity index (χ3v) is 8.45. The van der Waals surface area contributed by atoms with Gasteiger partial charge in [0.25, 0.3) is 0 Å². The van der Waals surface area contributed by atoms with Crippen molar-refractivity contribution in [3.63, 3.8) is 0 Å². The highest BCUT2D eigenvalue weighted by atomic mass is 35.5. The first-order valence-electron chi connectivity index (χ1n) is 9.92. The Balaban J connectivity index is 0.00000225. The second-order valence-electron chi connectivity index (χ2n) is 8.23. The number of amides is 1. The minimum atomic E-state index is -3.50. The zero-order valence-electron chi connectivity index (χ0n) is 16.3. The number of carbonyl (C=O) groups is 1. The molecule has 3 aliphatic rings. The number of fused-ring (bicyclic) bond motifs is 1. The van der Waals surface area contributed by atoms with Gasteiger partial charge in [-0.3, -0.25) is 9.48 Å². The highest BCUT2D eigenvalue weighted by Crippen LogP contribution is 2.44. The Kier molecular flexibility index (Phi) is 6.38. The fourth-order valence-corrected chi connectivity index (χ4v) is 6.40. The van der Waals surface area contributed by atoms with Gasteiger partial charge in [0.1, 0.15) is 4.90 Å². The maximum Gasteiger partial charge on any atom is 0.246 e. The van der Waals surface area contributed by atoms with E-state index >= 15 is 0 Å². The van der Waals surface area contributed by atoms with Crippen LogP contribution in [0.2, 0.25) is 0 Å². The fraction of sp³-hybridized carbons (Fsp3) is 0.778. The monoisotopic (exact) mass is 431 g/mol. The molecule has 4 rings (SSSR count). The Morgan fingerprint density at radius 1 is 1.29 bits per heavy atom. The maximum atomic E-state index is 13.1. The Hall–Kier alpha value is -1.16. The standard InChI is InChI=1S/C18H29N5O3S.ClH/c1-22-12-16(11-20-22)27(25,26)23-8-5-15(6-9-23)21-17(24)18-7-3-2-4-14(18)10-19-13-18;/h11-12,14-15,19H,2-10,13H2,1H3,(H,21,24);1H/t14-,18+;/m0./s1. The van der Waals surface area contributed by atoms with Crippen LogP contribution in [0.4, 0.5) is 0 Å². The highest BCUT2D eigenvalue weighted by molar-refractivity contribution is 7.89. The lowest BCUT2D eigenvalue weighted by Gasteiger charge is -2.39. The molecular formula is C18H30ClN5O3S. The molecular weight excluding hydrogens is 402 g/mol. The van der Waals surface area contributed by atoms with E-state index in [1.165, 1.54) is 27.8 Å². The first-order valence-corrected chi connectivity index (χ1v) is 11.4. The van der Waals surface area contributed by atoms with Gasteiger partial charge in [-0.05, 0) is 38.1 Å². The van der Waals surface area contributed by atoms with E-state index in [0.29, 0.717) is 31.8 Å². The van der Waals surface area contributed by atoms with Crippen LogP contribution in [-0.4, -0.2) is 60.6 Å². The quantitative estimate of drug-likeness (QED) is 0.738. The van der Waals surface area contributed by atoms with Crippen LogP contribution in [0.15, 0.2) is 17.3 Å². The molecule has 0 spiro atoms. The molecule has 0 unspecified atom stereocenters. The number of rotatable bonds is 4. The molecule has 0 aromatic carbocycles. The van der Waals surface area contributed by atoms with Gasteiger partial charge in [0, 0.05) is 38.9 Å². The summed E-state index contributed by atoms with van der Waals surface area (Å²) in [6.45, 7) is 2.57. The van der Waals surface area contributed by atoms with E-state index in [9.17, 15) is 13.2 Å². The van der Waals surface area contributed by atoms with Gasteiger partial charge in [-0.25, -0.2) is 8.42 Å². The van der Waals surface area contributed by atoms with Crippen LogP contribution in [-0.2, 0) is 21.9 Å². The predicted octanol–water partition coefficient (Wildman–Crippen LogP) is 0.891. The van der Waals surface area contributed by atoms with E-state index < -0.39 is 10.0 Å². The Bertz CT molecular complexity index is 806. The Morgan fingerprint density at radius 3 is 2.71 bits per heavy atom. The van der Waals surface area contributed by atoms with Gasteiger partial charge >= 0.3 is 0 Å². The van der Waals surface area contributed by atoms with Gasteiger partial charge in [-0.15, -0.1) is 12.4 Å². The predicted molar refractivity (Wildman–Crippen MR) is 108 cm³/mol. The average Bonchev–Trinajstić information content (AvgIpc) is 3.29. The van der Waals surface area contributed by atoms with E-state index in [0.717, 1.165) is 32.4 Å². The summed E-state index contributed by atoms with van der Waals surface area (Å²) in [5.74, 6) is 0.614. The summed E-state index contributed by atoms with van der Waals surface area (Å²) >= 11 is 0. The average molecular weight is 432 g/mol. The van der Waals surface area contributed by atoms with Crippen molar-refractivity contribution in [1.29, 1.82) is 0 Å². The van der Waals surface area contributed by atoms with Crippen molar-refractivity contribution in [3.8, 4) is 0 Å². The van der Waals surface area contributed by atoms with Gasteiger partial charge in [0.15, 0.2) is 0 Å². The van der Waals surface area contributed by atoms with Crippen LogP contribution in [0.3, 0.4) is 0 Å². The number of carbonyl (C=O) groups excluding carboxylic acids is 1. The van der Waals surface area contributed by atoms with Gasteiger partial charge in [0.2, 0.25) is 15.9 Å². The maximum absolute atomic E-state index is 13.1. The van der Waals surface area contributed by atoms with Crippen molar-refractivity contribution >= 4 is 28.3 Å². The molecule has 2 N–H and O–H groups in total. The second kappa shape index (κ2) is 8.30. The van der Waals surface area contributed by atoms with Crippen molar-refractivity contribution in [1.82, 2.24) is 24.7 Å². The third-order valence-electron chi connectivity index (χ3n) is 6.60. The lowest BCUT2D eigenvalue weighted by atomic mass is 9.67. The summed E-state index contributed by atoms with van der Waals surface area (Å²) in [5.41, 5.74) is -0.253. The van der Waals surface area contributed by atoms with Gasteiger partial charge < -0.3 is 10.6 Å². The van der Waals surface area contributed by atoms with Crippen molar-refractivity contribution < 1.29 is 13.2 Å². The van der Waals surface area contributed by atoms with Crippen LogP contribution in [0.5, 0.6) is 0 Å². The molecule has 2 saturated heterocycles. The van der Waals surface area contributed by atoms with Crippen LogP contribution >= 0.6 is 12.4 Å². The van der Waals surface area contributed by atoms with Crippen molar-refractivity contribution in [3.05, 3.63) is 12.4 Å². The molecule has 8 nitrogen and oxygen atoms in total. The van der Waals surface area contributed by atoms with E-state index in [2.05, 4.69) is 15.7 Å². The number of nitrogens with zero attached hydrogens (tertiary/aromatic N) is 3. The van der Waals surface area contributed by atoms with Crippen molar-refractivity contribution in [2.45, 2.75) is 49.5 Å². The van der Waals surface area contributed by atoms with Crippen molar-refractivity contribution in [2.75, 3.05) is 26.2 Å². The van der Waals surface area contributed by atoms with Crippen LogP contribution in [0.1, 0.15) is 38.5 Å². The molecule has 2 aliphatic heterocycles. The van der Waals surface area contributed by atoms with Gasteiger partial charge in [-0.1, -0.05) is 12.8 Å². The Morgan fingerprint density at radius 2 is 2.04 bits per heavy atom. The summed E-state index contributed by atoms with van der Waals surface area (Å²) in [6.07, 6.45) is 8.64. The molecule has 1 saturated carbocycles. The zero-order valence-corrected chi connectivity index (χ0v) is 17.9. The summed E-state index contributed by atoms with van der Waals surface area (Å²) in [7, 11) is -1.80. The van der Waals surface area contributed by atoms with E-state index in [1.807, 2.05) is 0 Å². The molecule has 158 valence electrons. The van der Waals surface area contributed by atoms with Crippen LogP contribution in [0, 0.1) is 11.3 Å². The van der Waals surface area contributed by atoms with Gasteiger partial charge in [0.05, 0.1) is 11.6 Å². The number of hydrogen-bond acceptors (Lipinski definition) is 5. The topological polar surface area (TPSA) is 96.3 Å². The molecule has 2 atom stereocenters. The summed E-state index contributed by atoms with van der Waals surface area (Å²) in [5, 5.41) is 10.6. The first-order chi connectivity index (χ1) is 12.9. The number of aromatic nitrogens is 2. The second-order valence-corrected chi connectivity index (χ2v) is 10.2. The first kappa shape index (κ1) is 21.5. The molecule has 1 amide bonds. The minimum Gasteiger partial charge on any atom is -0.353 e. The van der Waals surface area contributed by atoms with Crippen molar-refractivity contribution in [2.24, 2.45) is 18.4 Å². The molecule has 1 aliphatic carbocycles. The molecule has 28 heavy (non-hydrogen) atoms. The number of hydrogen-bond donors (Lipinski definition) is 2. The molecule has 0 bridgehead atoms. The smallest absolute Gasteiger partial charge is 0.246 e. The summed E-state index contributed by atoms with van der Waals surface area (Å²) in [6, 6.07) is 0.0513. The SMILES string of the molecule is Cl.Cn1cc(S(=O)(=O)N2CCC(NC(=O)[C@@]34CCCC[C@H]3CNC4)CC2)cn1. The molecule has 3 heterocycles. The molecule has 1 aromatic rings. The van der Waals surface area contributed by atoms with E-state index in [4.69, 9.17) is 0 Å². The molecule has 10 heteroatoms. The highest BCUT2D eigenvalue weighted by Gasteiger charge is 2.50. The van der Waals surface area contributed by atoms with E-state index in [-0.39, 0.29) is 34.7 Å². The molecule has 1 aromatic heterocycles. The minimum absolute atomic E-state index is 0. The number of nitrogens with one attached hydrogen (secondary N) is 2. The number of halogens is 1. The third kappa shape index (κ3) is 3.81. The molecule has 0 radical (unpaired) electrons. The normalized spacial score (nSPS) is 29.1. The number of sulfonamides is 1. The summed E-state index contributed by atoms with van der Waals surface area (Å²) < 4.78 is 28.4. The lowest BCUT2D eigenvalue weighted by Crippen LogP contribution is -2.53. The number of aryl methyl sites for hydroxylation is 1. The largest absolute Gasteiger partial charge is 0.353 e. The Labute approximate surface area is 172 Å². The zero-order chi connectivity index (χ0) is 19.1. The van der Waals surface area contributed by atoms with Crippen LogP contribution < -0.4 is 10.6 Å². The van der Waals surface area contributed by atoms with Crippen LogP contribution in [0.25, 0.3) is 0 Å². The number of piperidine rings is 1. The lowest BCUT2D eigenvalue weighted by molar-refractivity contribution is -0.135.